The molecule has 0 radical (unpaired) electrons. The summed E-state index contributed by atoms with van der Waals surface area (Å²) in [5.41, 5.74) is 5.73. The van der Waals surface area contributed by atoms with E-state index in [2.05, 4.69) is 50.2 Å². The van der Waals surface area contributed by atoms with Crippen LogP contribution in [0.25, 0.3) is 45.3 Å². The number of rotatable bonds is 5. The van der Waals surface area contributed by atoms with Crippen molar-refractivity contribution in [3.05, 3.63) is 109 Å². The summed E-state index contributed by atoms with van der Waals surface area (Å²) in [6.07, 6.45) is 0.0331. The number of hydrogen-bond acceptors (Lipinski definition) is 5. The summed E-state index contributed by atoms with van der Waals surface area (Å²) in [6, 6.07) is 36.7. The number of aromatic nitrogens is 3. The fourth-order valence-corrected chi connectivity index (χ4v) is 4.50. The second-order valence-corrected chi connectivity index (χ2v) is 10.1. The Balaban J connectivity index is 1.35. The van der Waals surface area contributed by atoms with Crippen molar-refractivity contribution in [1.82, 2.24) is 15.0 Å². The Bertz CT molecular complexity index is 1500. The predicted molar refractivity (Wildman–Crippen MR) is 153 cm³/mol. The highest BCUT2D eigenvalue weighted by molar-refractivity contribution is 6.62. The molecule has 0 aliphatic carbocycles. The van der Waals surface area contributed by atoms with Gasteiger partial charge >= 0.3 is 7.12 Å². The first-order valence-electron chi connectivity index (χ1n) is 12.9. The first kappa shape index (κ1) is 24.2. The molecule has 1 fully saturated rings. The minimum atomic E-state index is -0.349. The zero-order chi connectivity index (χ0) is 26.1. The van der Waals surface area contributed by atoms with Crippen LogP contribution >= 0.6 is 0 Å². The van der Waals surface area contributed by atoms with Crippen molar-refractivity contribution < 1.29 is 9.31 Å². The second-order valence-electron chi connectivity index (χ2n) is 10.1. The van der Waals surface area contributed by atoms with Gasteiger partial charge in [0.1, 0.15) is 0 Å². The molecule has 0 saturated carbocycles. The van der Waals surface area contributed by atoms with E-state index in [-0.39, 0.29) is 18.8 Å². The molecule has 5 aromatic rings. The van der Waals surface area contributed by atoms with Gasteiger partial charge in [0.2, 0.25) is 0 Å². The van der Waals surface area contributed by atoms with E-state index in [0.717, 1.165) is 33.3 Å². The van der Waals surface area contributed by atoms with Gasteiger partial charge in [0.05, 0.1) is 11.7 Å². The van der Waals surface area contributed by atoms with Crippen LogP contribution in [0, 0.1) is 0 Å². The van der Waals surface area contributed by atoms with Crippen molar-refractivity contribution in [3.63, 3.8) is 0 Å². The maximum absolute atomic E-state index is 6.12. The van der Waals surface area contributed by atoms with Gasteiger partial charge in [-0.3, -0.25) is 0 Å². The topological polar surface area (TPSA) is 57.1 Å². The van der Waals surface area contributed by atoms with E-state index in [1.165, 1.54) is 0 Å². The van der Waals surface area contributed by atoms with Crippen LogP contribution in [-0.4, -0.2) is 33.8 Å². The zero-order valence-electron chi connectivity index (χ0n) is 21.7. The maximum atomic E-state index is 6.12. The Morgan fingerprint density at radius 1 is 0.579 bits per heavy atom. The van der Waals surface area contributed by atoms with Crippen molar-refractivity contribution in [2.75, 3.05) is 0 Å². The molecule has 186 valence electrons. The molecular formula is C32H28BN3O2. The van der Waals surface area contributed by atoms with Crippen LogP contribution in [0.4, 0.5) is 0 Å². The van der Waals surface area contributed by atoms with Gasteiger partial charge in [-0.2, -0.15) is 0 Å². The molecule has 1 aromatic heterocycles. The molecule has 1 saturated heterocycles. The van der Waals surface area contributed by atoms with Gasteiger partial charge in [-0.25, -0.2) is 15.0 Å². The van der Waals surface area contributed by atoms with Crippen molar-refractivity contribution in [2.24, 2.45) is 0 Å². The first-order chi connectivity index (χ1) is 18.5. The van der Waals surface area contributed by atoms with E-state index < -0.39 is 0 Å². The number of nitrogens with zero attached hydrogens (tertiary/aromatic N) is 3. The van der Waals surface area contributed by atoms with E-state index in [4.69, 9.17) is 24.3 Å². The normalized spacial score (nSPS) is 16.5. The molecule has 1 atom stereocenters. The molecule has 2 heterocycles. The van der Waals surface area contributed by atoms with Crippen LogP contribution in [0.5, 0.6) is 0 Å². The van der Waals surface area contributed by atoms with E-state index in [9.17, 15) is 0 Å². The minimum Gasteiger partial charge on any atom is -0.402 e. The molecule has 6 heteroatoms. The Kier molecular flexibility index (Phi) is 6.36. The lowest BCUT2D eigenvalue weighted by atomic mass is 9.78. The molecule has 6 rings (SSSR count). The molecule has 0 spiro atoms. The van der Waals surface area contributed by atoms with Gasteiger partial charge in [-0.1, -0.05) is 103 Å². The number of benzene rings is 4. The zero-order valence-corrected chi connectivity index (χ0v) is 21.7. The second kappa shape index (κ2) is 9.97. The summed E-state index contributed by atoms with van der Waals surface area (Å²) in [5.74, 6) is 1.94. The van der Waals surface area contributed by atoms with Crippen LogP contribution in [0.15, 0.2) is 109 Å². The molecular weight excluding hydrogens is 469 g/mol. The van der Waals surface area contributed by atoms with E-state index in [1.807, 2.05) is 79.7 Å². The fourth-order valence-electron chi connectivity index (χ4n) is 4.50. The third kappa shape index (κ3) is 4.88. The SMILES string of the molecule is CC1OB(c2ccc(-c3cccc(-c4nc(-c5ccccc5)nc(-c5ccccc5)n4)c3)cc2)OC1(C)C. The fraction of sp³-hybridized carbons (Fsp3) is 0.156. The molecule has 1 aliphatic rings. The van der Waals surface area contributed by atoms with Crippen molar-refractivity contribution in [2.45, 2.75) is 32.5 Å². The minimum absolute atomic E-state index is 0.0331. The summed E-state index contributed by atoms with van der Waals surface area (Å²) < 4.78 is 12.2. The van der Waals surface area contributed by atoms with Gasteiger partial charge in [-0.05, 0) is 43.4 Å². The highest BCUT2D eigenvalue weighted by Gasteiger charge is 2.43. The van der Waals surface area contributed by atoms with E-state index >= 15 is 0 Å². The van der Waals surface area contributed by atoms with Gasteiger partial charge in [0, 0.05) is 16.7 Å². The lowest BCUT2D eigenvalue weighted by Gasteiger charge is -2.21. The van der Waals surface area contributed by atoms with Crippen LogP contribution in [0.3, 0.4) is 0 Å². The molecule has 0 bridgehead atoms. The Morgan fingerprint density at radius 2 is 1.08 bits per heavy atom. The highest BCUT2D eigenvalue weighted by Crippen LogP contribution is 2.29. The Hall–Kier alpha value is -4.13. The highest BCUT2D eigenvalue weighted by atomic mass is 16.7. The molecule has 1 aliphatic heterocycles. The van der Waals surface area contributed by atoms with Crippen molar-refractivity contribution in [3.8, 4) is 45.3 Å². The van der Waals surface area contributed by atoms with Crippen LogP contribution < -0.4 is 5.46 Å². The summed E-state index contributed by atoms with van der Waals surface area (Å²) in [5, 5.41) is 0. The number of hydrogen-bond donors (Lipinski definition) is 0. The van der Waals surface area contributed by atoms with Gasteiger partial charge in [-0.15, -0.1) is 0 Å². The average Bonchev–Trinajstić information content (AvgIpc) is 3.25. The third-order valence-electron chi connectivity index (χ3n) is 7.05. The Labute approximate surface area is 223 Å². The monoisotopic (exact) mass is 497 g/mol. The standard InChI is InChI=1S/C32H28BN3O2/c1-22-32(2,3)38-33(37-22)28-19-17-23(18-20-28)26-15-10-16-27(21-26)31-35-29(24-11-6-4-7-12-24)34-30(36-31)25-13-8-5-9-14-25/h4-22H,1-3H3. The van der Waals surface area contributed by atoms with E-state index in [0.29, 0.717) is 17.5 Å². The van der Waals surface area contributed by atoms with Gasteiger partial charge in [0.25, 0.3) is 0 Å². The molecule has 0 amide bonds. The van der Waals surface area contributed by atoms with Crippen molar-refractivity contribution in [1.29, 1.82) is 0 Å². The van der Waals surface area contributed by atoms with E-state index in [1.54, 1.807) is 0 Å². The molecule has 4 aromatic carbocycles. The molecule has 0 N–H and O–H groups in total. The lowest BCUT2D eigenvalue weighted by Crippen LogP contribution is -2.34. The third-order valence-corrected chi connectivity index (χ3v) is 7.05. The predicted octanol–water partition coefficient (Wildman–Crippen LogP) is 6.45. The lowest BCUT2D eigenvalue weighted by molar-refractivity contribution is 0.0842. The van der Waals surface area contributed by atoms with Crippen molar-refractivity contribution >= 4 is 12.6 Å². The maximum Gasteiger partial charge on any atom is 0.494 e. The van der Waals surface area contributed by atoms with Crippen LogP contribution in [0.2, 0.25) is 0 Å². The summed E-state index contributed by atoms with van der Waals surface area (Å²) in [6.45, 7) is 6.17. The summed E-state index contributed by atoms with van der Waals surface area (Å²) in [4.78, 5) is 14.5. The quantitative estimate of drug-likeness (QED) is 0.261. The molecule has 5 nitrogen and oxygen atoms in total. The summed E-state index contributed by atoms with van der Waals surface area (Å²) in [7, 11) is -0.349. The van der Waals surface area contributed by atoms with Gasteiger partial charge < -0.3 is 9.31 Å². The van der Waals surface area contributed by atoms with Crippen LogP contribution in [-0.2, 0) is 9.31 Å². The smallest absolute Gasteiger partial charge is 0.402 e. The Morgan fingerprint density at radius 3 is 1.61 bits per heavy atom. The molecule has 1 unspecified atom stereocenters. The first-order valence-corrected chi connectivity index (χ1v) is 12.9. The largest absolute Gasteiger partial charge is 0.494 e. The average molecular weight is 497 g/mol. The van der Waals surface area contributed by atoms with Gasteiger partial charge in [0.15, 0.2) is 17.5 Å². The van der Waals surface area contributed by atoms with Crippen LogP contribution in [0.1, 0.15) is 20.8 Å². The summed E-state index contributed by atoms with van der Waals surface area (Å²) >= 11 is 0. The molecule has 38 heavy (non-hydrogen) atoms.